The van der Waals surface area contributed by atoms with Crippen molar-refractivity contribution < 1.29 is 19.4 Å². The molecule has 0 aliphatic heterocycles. The summed E-state index contributed by atoms with van der Waals surface area (Å²) < 4.78 is 10.8. The van der Waals surface area contributed by atoms with Crippen molar-refractivity contribution in [1.29, 1.82) is 0 Å². The molecule has 9 nitrogen and oxygen atoms in total. The quantitative estimate of drug-likeness (QED) is 0.686. The second-order valence-electron chi connectivity index (χ2n) is 4.20. The van der Waals surface area contributed by atoms with Gasteiger partial charge in [0.05, 0.1) is 19.9 Å². The molecule has 0 saturated heterocycles. The van der Waals surface area contributed by atoms with Crippen molar-refractivity contribution in [3.05, 3.63) is 44.6 Å². The number of aromatic amines is 1. The van der Waals surface area contributed by atoms with Crippen LogP contribution in [0.1, 0.15) is 10.4 Å². The number of hydrogen-bond donors (Lipinski definition) is 3. The van der Waals surface area contributed by atoms with Gasteiger partial charge in [-0.2, -0.15) is 0 Å². The zero-order valence-corrected chi connectivity index (χ0v) is 11.7. The number of aromatic hydroxyl groups is 1. The molecule has 0 aliphatic carbocycles. The fourth-order valence-electron chi connectivity index (χ4n) is 1.94. The van der Waals surface area contributed by atoms with Crippen LogP contribution in [-0.2, 0) is 0 Å². The SMILES string of the molecule is COc1ccc(OC)c(-n2c(O)c(C(N)=O)c(=O)[nH]c2=O)c1. The van der Waals surface area contributed by atoms with Crippen LogP contribution in [0, 0.1) is 0 Å². The normalized spacial score (nSPS) is 10.3. The van der Waals surface area contributed by atoms with Crippen LogP contribution in [-0.4, -0.2) is 34.8 Å². The number of ether oxygens (including phenoxy) is 2. The Morgan fingerprint density at radius 2 is 1.95 bits per heavy atom. The van der Waals surface area contributed by atoms with Crippen LogP contribution in [0.15, 0.2) is 27.8 Å². The minimum absolute atomic E-state index is 0.0723. The number of nitrogens with one attached hydrogen (secondary N) is 1. The van der Waals surface area contributed by atoms with Gasteiger partial charge in [-0.15, -0.1) is 0 Å². The summed E-state index contributed by atoms with van der Waals surface area (Å²) in [6.45, 7) is 0. The number of nitrogens with two attached hydrogens (primary N) is 1. The van der Waals surface area contributed by atoms with Crippen molar-refractivity contribution in [3.63, 3.8) is 0 Å². The van der Waals surface area contributed by atoms with Gasteiger partial charge in [-0.25, -0.2) is 9.36 Å². The van der Waals surface area contributed by atoms with Crippen molar-refractivity contribution in [2.24, 2.45) is 5.73 Å². The van der Waals surface area contributed by atoms with Gasteiger partial charge < -0.3 is 20.3 Å². The van der Waals surface area contributed by atoms with Crippen LogP contribution in [0.5, 0.6) is 17.4 Å². The number of hydrogen-bond acceptors (Lipinski definition) is 6. The van der Waals surface area contributed by atoms with Crippen molar-refractivity contribution in [3.8, 4) is 23.1 Å². The maximum atomic E-state index is 12.0. The summed E-state index contributed by atoms with van der Waals surface area (Å²) in [5.41, 5.74) is 2.35. The molecular formula is C13H13N3O6. The third-order valence-electron chi connectivity index (χ3n) is 2.96. The minimum Gasteiger partial charge on any atom is -0.497 e. The lowest BCUT2D eigenvalue weighted by Gasteiger charge is -2.14. The maximum Gasteiger partial charge on any atom is 0.335 e. The van der Waals surface area contributed by atoms with E-state index in [0.717, 1.165) is 0 Å². The van der Waals surface area contributed by atoms with Gasteiger partial charge in [0.25, 0.3) is 11.5 Å². The number of H-pyrrole nitrogens is 1. The number of aromatic nitrogens is 2. The minimum atomic E-state index is -1.17. The lowest BCUT2D eigenvalue weighted by molar-refractivity contribution is 0.0994. The molecule has 0 radical (unpaired) electrons. The Kier molecular flexibility index (Phi) is 3.89. The topological polar surface area (TPSA) is 137 Å². The van der Waals surface area contributed by atoms with Gasteiger partial charge in [0.2, 0.25) is 5.88 Å². The second kappa shape index (κ2) is 5.64. The molecule has 4 N–H and O–H groups in total. The summed E-state index contributed by atoms with van der Waals surface area (Å²) in [6, 6.07) is 4.46. The summed E-state index contributed by atoms with van der Waals surface area (Å²) >= 11 is 0. The fraction of sp³-hybridized carbons (Fsp3) is 0.154. The second-order valence-corrected chi connectivity index (χ2v) is 4.20. The van der Waals surface area contributed by atoms with E-state index in [1.165, 1.54) is 26.4 Å². The first kappa shape index (κ1) is 15.2. The fourth-order valence-corrected chi connectivity index (χ4v) is 1.94. The molecule has 0 unspecified atom stereocenters. The summed E-state index contributed by atoms with van der Waals surface area (Å²) in [7, 11) is 2.77. The van der Waals surface area contributed by atoms with E-state index < -0.39 is 28.6 Å². The van der Waals surface area contributed by atoms with E-state index in [-0.39, 0.29) is 11.4 Å². The van der Waals surface area contributed by atoms with E-state index in [4.69, 9.17) is 15.2 Å². The first-order valence-electron chi connectivity index (χ1n) is 6.01. The highest BCUT2D eigenvalue weighted by Crippen LogP contribution is 2.29. The largest absolute Gasteiger partial charge is 0.497 e. The monoisotopic (exact) mass is 307 g/mol. The Bertz CT molecular complexity index is 852. The Morgan fingerprint density at radius 1 is 1.27 bits per heavy atom. The average molecular weight is 307 g/mol. The molecule has 0 bridgehead atoms. The molecule has 1 amide bonds. The Labute approximate surface area is 123 Å². The molecule has 0 fully saturated rings. The molecule has 0 aliphatic rings. The van der Waals surface area contributed by atoms with Crippen LogP contribution in [0.4, 0.5) is 0 Å². The van der Waals surface area contributed by atoms with Crippen LogP contribution in [0.3, 0.4) is 0 Å². The molecule has 1 aromatic carbocycles. The zero-order valence-electron chi connectivity index (χ0n) is 11.7. The van der Waals surface area contributed by atoms with Gasteiger partial charge in [-0.3, -0.25) is 14.6 Å². The van der Waals surface area contributed by atoms with E-state index in [9.17, 15) is 19.5 Å². The zero-order chi connectivity index (χ0) is 16.4. The van der Waals surface area contributed by atoms with Gasteiger partial charge in [0, 0.05) is 6.07 Å². The van der Waals surface area contributed by atoms with Gasteiger partial charge >= 0.3 is 5.69 Å². The molecule has 9 heteroatoms. The van der Waals surface area contributed by atoms with E-state index in [1.54, 1.807) is 6.07 Å². The van der Waals surface area contributed by atoms with Gasteiger partial charge in [-0.1, -0.05) is 0 Å². The van der Waals surface area contributed by atoms with Crippen molar-refractivity contribution >= 4 is 5.91 Å². The predicted octanol–water partition coefficient (Wildman–Crippen LogP) is -0.653. The Hall–Kier alpha value is -3.23. The smallest absolute Gasteiger partial charge is 0.335 e. The third-order valence-corrected chi connectivity index (χ3v) is 2.96. The van der Waals surface area contributed by atoms with Crippen molar-refractivity contribution in [2.45, 2.75) is 0 Å². The van der Waals surface area contributed by atoms with Crippen LogP contribution >= 0.6 is 0 Å². The predicted molar refractivity (Wildman–Crippen MR) is 75.9 cm³/mol. The highest BCUT2D eigenvalue weighted by atomic mass is 16.5. The van der Waals surface area contributed by atoms with Gasteiger partial charge in [-0.05, 0) is 12.1 Å². The standard InChI is InChI=1S/C13H13N3O6/c1-21-6-3-4-8(22-2)7(5-6)16-12(19)9(10(14)17)11(18)15-13(16)20/h3-5,19H,1-2H3,(H2,14,17)(H,15,18,20). The Morgan fingerprint density at radius 3 is 2.50 bits per heavy atom. The van der Waals surface area contributed by atoms with Gasteiger partial charge in [0.15, 0.2) is 5.56 Å². The molecule has 2 aromatic rings. The molecule has 22 heavy (non-hydrogen) atoms. The molecule has 0 saturated carbocycles. The Balaban J connectivity index is 2.89. The van der Waals surface area contributed by atoms with Crippen LogP contribution in [0.2, 0.25) is 0 Å². The lowest BCUT2D eigenvalue weighted by Crippen LogP contribution is -2.35. The van der Waals surface area contributed by atoms with E-state index in [2.05, 4.69) is 0 Å². The van der Waals surface area contributed by atoms with E-state index in [0.29, 0.717) is 10.3 Å². The molecule has 1 heterocycles. The highest BCUT2D eigenvalue weighted by Gasteiger charge is 2.21. The van der Waals surface area contributed by atoms with Crippen LogP contribution < -0.4 is 26.5 Å². The lowest BCUT2D eigenvalue weighted by atomic mass is 10.2. The molecule has 2 rings (SSSR count). The molecule has 0 atom stereocenters. The summed E-state index contributed by atoms with van der Waals surface area (Å²) in [5, 5.41) is 10.1. The molecular weight excluding hydrogens is 294 g/mol. The molecule has 0 spiro atoms. The number of carbonyl (C=O) groups excluding carboxylic acids is 1. The van der Waals surface area contributed by atoms with Gasteiger partial charge in [0.1, 0.15) is 11.5 Å². The summed E-state index contributed by atoms with van der Waals surface area (Å²) in [4.78, 5) is 36.8. The van der Waals surface area contributed by atoms with E-state index in [1.807, 2.05) is 4.98 Å². The number of nitrogens with zero attached hydrogens (tertiary/aromatic N) is 1. The number of amides is 1. The summed E-state index contributed by atoms with van der Waals surface area (Å²) in [5.74, 6) is -1.48. The average Bonchev–Trinajstić information content (AvgIpc) is 2.46. The van der Waals surface area contributed by atoms with Crippen LogP contribution in [0.25, 0.3) is 5.69 Å². The maximum absolute atomic E-state index is 12.0. The van der Waals surface area contributed by atoms with Crippen molar-refractivity contribution in [1.82, 2.24) is 9.55 Å². The first-order chi connectivity index (χ1) is 10.4. The molecule has 1 aromatic heterocycles. The van der Waals surface area contributed by atoms with Crippen molar-refractivity contribution in [2.75, 3.05) is 14.2 Å². The third kappa shape index (κ3) is 2.39. The first-order valence-corrected chi connectivity index (χ1v) is 6.01. The van der Waals surface area contributed by atoms with E-state index >= 15 is 0 Å². The number of methoxy groups -OCH3 is 2. The number of benzene rings is 1. The highest BCUT2D eigenvalue weighted by molar-refractivity contribution is 5.94. The number of carbonyl (C=O) groups is 1. The number of rotatable bonds is 4. The molecule has 116 valence electrons. The number of primary amides is 1. The summed E-state index contributed by atoms with van der Waals surface area (Å²) in [6.07, 6.45) is 0.